The van der Waals surface area contributed by atoms with Crippen LogP contribution in [0.3, 0.4) is 0 Å². The number of nitrogens with zero attached hydrogens (tertiary/aromatic N) is 5. The highest BCUT2D eigenvalue weighted by Gasteiger charge is 2.30. The minimum atomic E-state index is -3.46. The fraction of sp³-hybridized carbons (Fsp3) is 0.312. The third-order valence-electron chi connectivity index (χ3n) is 4.46. The Hall–Kier alpha value is -2.32. The van der Waals surface area contributed by atoms with Crippen molar-refractivity contribution in [3.8, 4) is 0 Å². The van der Waals surface area contributed by atoms with E-state index in [1.54, 1.807) is 35.0 Å². The molecule has 0 saturated carbocycles. The van der Waals surface area contributed by atoms with Gasteiger partial charge in [0.05, 0.1) is 6.20 Å². The minimum Gasteiger partial charge on any atom is -0.263 e. The summed E-state index contributed by atoms with van der Waals surface area (Å²) < 4.78 is 28.7. The number of piperidine rings is 1. The first-order valence-corrected chi connectivity index (χ1v) is 9.29. The number of aromatic nitrogens is 4. The Morgan fingerprint density at radius 1 is 1.04 bits per heavy atom. The topological polar surface area (TPSA) is 80.5 Å². The lowest BCUT2D eigenvalue weighted by molar-refractivity contribution is 0.314. The lowest BCUT2D eigenvalue weighted by Crippen LogP contribution is -2.38. The van der Waals surface area contributed by atoms with Gasteiger partial charge in [-0.1, -0.05) is 0 Å². The molecule has 7 nitrogen and oxygen atoms in total. The molecule has 3 aromatic heterocycles. The van der Waals surface area contributed by atoms with Crippen LogP contribution in [0.4, 0.5) is 0 Å². The van der Waals surface area contributed by atoms with E-state index < -0.39 is 10.0 Å². The van der Waals surface area contributed by atoms with E-state index in [0.29, 0.717) is 13.1 Å². The van der Waals surface area contributed by atoms with Crippen molar-refractivity contribution in [3.63, 3.8) is 0 Å². The van der Waals surface area contributed by atoms with E-state index in [4.69, 9.17) is 0 Å². The maximum atomic E-state index is 12.7. The summed E-state index contributed by atoms with van der Waals surface area (Å²) in [5.41, 5.74) is 1.90. The average Bonchev–Trinajstić information content (AvgIpc) is 3.11. The standard InChI is InChI=1S/C16H17N5O2S/c22-24(23,14-2-1-7-17-12-14)20-10-5-13(6-11-20)15-3-8-18-16-4-9-19-21(15)16/h1-4,7-9,12-13H,5-6,10-11H2. The number of rotatable bonds is 3. The van der Waals surface area contributed by atoms with Gasteiger partial charge < -0.3 is 0 Å². The Labute approximate surface area is 140 Å². The molecule has 0 amide bonds. The SMILES string of the molecule is O=S(=O)(c1cccnc1)N1CCC(c2ccnc3ccnn23)CC1. The molecule has 3 aromatic rings. The monoisotopic (exact) mass is 343 g/mol. The van der Waals surface area contributed by atoms with Crippen LogP contribution in [0.2, 0.25) is 0 Å². The van der Waals surface area contributed by atoms with Crippen LogP contribution in [-0.4, -0.2) is 45.4 Å². The zero-order valence-electron chi connectivity index (χ0n) is 13.0. The van der Waals surface area contributed by atoms with Gasteiger partial charge in [0.2, 0.25) is 10.0 Å². The van der Waals surface area contributed by atoms with Crippen molar-refractivity contribution in [2.75, 3.05) is 13.1 Å². The lowest BCUT2D eigenvalue weighted by Gasteiger charge is -2.31. The summed E-state index contributed by atoms with van der Waals surface area (Å²) in [6, 6.07) is 7.07. The molecule has 124 valence electrons. The Morgan fingerprint density at radius 2 is 1.88 bits per heavy atom. The molecular weight excluding hydrogens is 326 g/mol. The van der Waals surface area contributed by atoms with E-state index >= 15 is 0 Å². The summed E-state index contributed by atoms with van der Waals surface area (Å²) in [6.07, 6.45) is 8.01. The summed E-state index contributed by atoms with van der Waals surface area (Å²) in [6.45, 7) is 0.986. The normalized spacial score (nSPS) is 17.3. The molecule has 0 bridgehead atoms. The molecule has 4 rings (SSSR count). The van der Waals surface area contributed by atoms with Gasteiger partial charge in [-0.15, -0.1) is 0 Å². The van der Waals surface area contributed by atoms with E-state index in [1.165, 1.54) is 6.20 Å². The second-order valence-corrected chi connectivity index (χ2v) is 7.78. The van der Waals surface area contributed by atoms with Crippen molar-refractivity contribution in [1.29, 1.82) is 0 Å². The first kappa shape index (κ1) is 15.2. The molecule has 0 N–H and O–H groups in total. The predicted molar refractivity (Wildman–Crippen MR) is 88.0 cm³/mol. The van der Waals surface area contributed by atoms with E-state index in [0.717, 1.165) is 24.2 Å². The molecule has 1 aliphatic rings. The van der Waals surface area contributed by atoms with Crippen LogP contribution in [0.25, 0.3) is 5.65 Å². The van der Waals surface area contributed by atoms with Gasteiger partial charge in [-0.25, -0.2) is 17.9 Å². The Kier molecular flexibility index (Phi) is 3.78. The Morgan fingerprint density at radius 3 is 2.62 bits per heavy atom. The maximum Gasteiger partial charge on any atom is 0.244 e. The van der Waals surface area contributed by atoms with Crippen molar-refractivity contribution in [2.24, 2.45) is 0 Å². The van der Waals surface area contributed by atoms with Crippen LogP contribution in [0, 0.1) is 0 Å². The first-order chi connectivity index (χ1) is 11.7. The lowest BCUT2D eigenvalue weighted by atomic mass is 9.94. The van der Waals surface area contributed by atoms with Gasteiger partial charge in [-0.3, -0.25) is 4.98 Å². The molecule has 1 saturated heterocycles. The third-order valence-corrected chi connectivity index (χ3v) is 6.35. The molecule has 0 aliphatic carbocycles. The number of pyridine rings is 1. The summed E-state index contributed by atoms with van der Waals surface area (Å²) in [4.78, 5) is 8.44. The predicted octanol–water partition coefficient (Wildman–Crippen LogP) is 1.69. The van der Waals surface area contributed by atoms with Crippen LogP contribution in [-0.2, 0) is 10.0 Å². The fourth-order valence-corrected chi connectivity index (χ4v) is 4.64. The van der Waals surface area contributed by atoms with Crippen molar-refractivity contribution in [2.45, 2.75) is 23.7 Å². The molecule has 0 unspecified atom stereocenters. The van der Waals surface area contributed by atoms with Crippen LogP contribution in [0.1, 0.15) is 24.5 Å². The fourth-order valence-electron chi connectivity index (χ4n) is 3.20. The highest BCUT2D eigenvalue weighted by molar-refractivity contribution is 7.89. The molecule has 1 fully saturated rings. The molecule has 0 spiro atoms. The van der Waals surface area contributed by atoms with E-state index in [2.05, 4.69) is 15.1 Å². The molecule has 24 heavy (non-hydrogen) atoms. The van der Waals surface area contributed by atoms with Gasteiger partial charge >= 0.3 is 0 Å². The molecule has 0 radical (unpaired) electrons. The van der Waals surface area contributed by atoms with Crippen molar-refractivity contribution in [1.82, 2.24) is 23.9 Å². The summed E-state index contributed by atoms with van der Waals surface area (Å²) in [5, 5.41) is 4.32. The second-order valence-electron chi connectivity index (χ2n) is 5.84. The first-order valence-electron chi connectivity index (χ1n) is 7.85. The van der Waals surface area contributed by atoms with Crippen LogP contribution < -0.4 is 0 Å². The number of sulfonamides is 1. The molecule has 0 aromatic carbocycles. The maximum absolute atomic E-state index is 12.7. The van der Waals surface area contributed by atoms with Crippen molar-refractivity contribution >= 4 is 15.7 Å². The zero-order chi connectivity index (χ0) is 16.6. The molecule has 0 atom stereocenters. The van der Waals surface area contributed by atoms with Crippen LogP contribution in [0.15, 0.2) is 53.9 Å². The average molecular weight is 343 g/mol. The van der Waals surface area contributed by atoms with Gasteiger partial charge in [-0.05, 0) is 31.0 Å². The van der Waals surface area contributed by atoms with Gasteiger partial charge in [0, 0.05) is 49.4 Å². The number of hydrogen-bond donors (Lipinski definition) is 0. The summed E-state index contributed by atoms with van der Waals surface area (Å²) in [5.74, 6) is 0.274. The molecule has 1 aliphatic heterocycles. The molecule has 4 heterocycles. The van der Waals surface area contributed by atoms with Crippen LogP contribution >= 0.6 is 0 Å². The van der Waals surface area contributed by atoms with Gasteiger partial charge in [-0.2, -0.15) is 9.40 Å². The summed E-state index contributed by atoms with van der Waals surface area (Å²) in [7, 11) is -3.46. The Balaban J connectivity index is 1.54. The molecular formula is C16H17N5O2S. The van der Waals surface area contributed by atoms with Gasteiger partial charge in [0.1, 0.15) is 4.90 Å². The highest BCUT2D eigenvalue weighted by atomic mass is 32.2. The summed E-state index contributed by atoms with van der Waals surface area (Å²) >= 11 is 0. The minimum absolute atomic E-state index is 0.252. The Bertz CT molecular complexity index is 947. The van der Waals surface area contributed by atoms with E-state index in [1.807, 2.05) is 16.6 Å². The van der Waals surface area contributed by atoms with Gasteiger partial charge in [0.25, 0.3) is 0 Å². The molecule has 8 heteroatoms. The van der Waals surface area contributed by atoms with Crippen LogP contribution in [0.5, 0.6) is 0 Å². The van der Waals surface area contributed by atoms with E-state index in [-0.39, 0.29) is 10.8 Å². The number of fused-ring (bicyclic) bond motifs is 1. The zero-order valence-corrected chi connectivity index (χ0v) is 13.8. The quantitative estimate of drug-likeness (QED) is 0.723. The second kappa shape index (κ2) is 5.95. The van der Waals surface area contributed by atoms with Crippen molar-refractivity contribution in [3.05, 3.63) is 54.7 Å². The largest absolute Gasteiger partial charge is 0.263 e. The third kappa shape index (κ3) is 2.57. The highest BCUT2D eigenvalue weighted by Crippen LogP contribution is 2.30. The smallest absolute Gasteiger partial charge is 0.244 e. The van der Waals surface area contributed by atoms with Crippen molar-refractivity contribution < 1.29 is 8.42 Å². The van der Waals surface area contributed by atoms with E-state index in [9.17, 15) is 8.42 Å². The number of hydrogen-bond acceptors (Lipinski definition) is 5. The van der Waals surface area contributed by atoms with Gasteiger partial charge in [0.15, 0.2) is 5.65 Å².